The Bertz CT molecular complexity index is 1510. The van der Waals surface area contributed by atoms with Crippen LogP contribution in [0.5, 0.6) is 0 Å². The van der Waals surface area contributed by atoms with Crippen molar-refractivity contribution in [2.45, 2.75) is 50.1 Å². The van der Waals surface area contributed by atoms with Crippen LogP contribution >= 0.6 is 0 Å². The van der Waals surface area contributed by atoms with Gasteiger partial charge in [0.2, 0.25) is 11.8 Å². The van der Waals surface area contributed by atoms with Gasteiger partial charge in [0.25, 0.3) is 5.56 Å². The number of carbonyl (C=O) groups is 2. The summed E-state index contributed by atoms with van der Waals surface area (Å²) in [7, 11) is 0. The van der Waals surface area contributed by atoms with E-state index in [-0.39, 0.29) is 17.1 Å². The summed E-state index contributed by atoms with van der Waals surface area (Å²) >= 11 is 0. The molecule has 0 unspecified atom stereocenters. The van der Waals surface area contributed by atoms with Gasteiger partial charge < -0.3 is 10.4 Å². The number of amides is 2. The maximum absolute atomic E-state index is 13.7. The minimum atomic E-state index is -2.35. The van der Waals surface area contributed by atoms with E-state index in [2.05, 4.69) is 15.6 Å². The van der Waals surface area contributed by atoms with Crippen LogP contribution < -0.4 is 21.1 Å². The van der Waals surface area contributed by atoms with Gasteiger partial charge in [0.1, 0.15) is 23.6 Å². The van der Waals surface area contributed by atoms with Crippen LogP contribution in [0, 0.1) is 0 Å². The van der Waals surface area contributed by atoms with E-state index < -0.39 is 47.7 Å². The fourth-order valence-electron chi connectivity index (χ4n) is 5.17. The van der Waals surface area contributed by atoms with E-state index in [1.807, 2.05) is 0 Å². The first kappa shape index (κ1) is 17.9. The number of aromatic nitrogens is 2. The minimum absolute atomic E-state index is 0.105. The average molecular weight is 447 g/mol. The zero-order valence-electron chi connectivity index (χ0n) is 20.0. The zero-order valence-corrected chi connectivity index (χ0v) is 18.0. The molecule has 1 aromatic heterocycles. The normalized spacial score (nSPS) is 35.5. The van der Waals surface area contributed by atoms with E-state index in [0.717, 1.165) is 4.57 Å². The second-order valence-corrected chi connectivity index (χ2v) is 8.74. The smallest absolute Gasteiger partial charge is 0.262 e. The molecule has 2 aromatic carbocycles. The Morgan fingerprint density at radius 3 is 2.67 bits per heavy atom. The highest BCUT2D eigenvalue weighted by atomic mass is 16.3. The number of hydrogen-bond donors (Lipinski definition) is 3. The van der Waals surface area contributed by atoms with Crippen LogP contribution in [-0.2, 0) is 15.2 Å². The van der Waals surface area contributed by atoms with Crippen molar-refractivity contribution < 1.29 is 17.4 Å². The molecular formula is C24H23N5O4. The van der Waals surface area contributed by atoms with Crippen LogP contribution in [0.2, 0.25) is 0 Å². The molecule has 3 aromatic rings. The van der Waals surface area contributed by atoms with Crippen molar-refractivity contribution in [3.05, 3.63) is 70.3 Å². The molecule has 4 heterocycles. The number of nitrogens with zero attached hydrogens (tertiary/aromatic N) is 3. The highest BCUT2D eigenvalue weighted by Gasteiger charge is 2.58. The topological polar surface area (TPSA) is 117 Å². The van der Waals surface area contributed by atoms with Crippen molar-refractivity contribution in [1.82, 2.24) is 20.2 Å². The minimum Gasteiger partial charge on any atom is -0.381 e. The maximum atomic E-state index is 13.7. The summed E-state index contributed by atoms with van der Waals surface area (Å²) in [5.74, 6) is -1.26. The van der Waals surface area contributed by atoms with E-state index in [1.54, 1.807) is 55.5 Å². The van der Waals surface area contributed by atoms with Gasteiger partial charge in [-0.3, -0.25) is 29.2 Å². The molecule has 2 amide bonds. The predicted octanol–water partition coefficient (Wildman–Crippen LogP) is 1.07. The van der Waals surface area contributed by atoms with Gasteiger partial charge in [-0.15, -0.1) is 0 Å². The van der Waals surface area contributed by atoms with Gasteiger partial charge in [0.05, 0.1) is 31.4 Å². The molecule has 1 saturated heterocycles. The van der Waals surface area contributed by atoms with Crippen molar-refractivity contribution in [3.63, 3.8) is 0 Å². The SMILES string of the molecule is [2H][C@]1(C)NC(=O)[C@]([2H])(C[C@]2(O)c3ccccc3N3C(=O)[C@H](C)N[C@@H]32)n2c1nc1ccccc1c2=O. The summed E-state index contributed by atoms with van der Waals surface area (Å²) in [6.45, 7) is 3.06. The Hall–Kier alpha value is -3.56. The second kappa shape index (κ2) is 6.72. The summed E-state index contributed by atoms with van der Waals surface area (Å²) in [5.41, 5.74) is -1.33. The summed E-state index contributed by atoms with van der Waals surface area (Å²) in [6.07, 6.45) is -1.49. The third kappa shape index (κ3) is 2.60. The van der Waals surface area contributed by atoms with Gasteiger partial charge in [-0.05, 0) is 32.0 Å². The molecule has 168 valence electrons. The summed E-state index contributed by atoms with van der Waals surface area (Å²) < 4.78 is 18.9. The van der Waals surface area contributed by atoms with Crippen molar-refractivity contribution >= 4 is 28.4 Å². The molecule has 3 N–H and O–H groups in total. The molecule has 0 spiro atoms. The number of fused-ring (bicyclic) bond motifs is 5. The van der Waals surface area contributed by atoms with E-state index >= 15 is 0 Å². The molecule has 5 atom stereocenters. The summed E-state index contributed by atoms with van der Waals surface area (Å²) in [5, 5.41) is 17.9. The third-order valence-corrected chi connectivity index (χ3v) is 6.74. The second-order valence-electron chi connectivity index (χ2n) is 8.74. The van der Waals surface area contributed by atoms with Crippen LogP contribution in [-0.4, -0.2) is 38.7 Å². The largest absolute Gasteiger partial charge is 0.381 e. The monoisotopic (exact) mass is 447 g/mol. The molecule has 9 nitrogen and oxygen atoms in total. The van der Waals surface area contributed by atoms with Crippen molar-refractivity contribution in [1.29, 1.82) is 0 Å². The molecule has 9 heteroatoms. The van der Waals surface area contributed by atoms with E-state index in [0.29, 0.717) is 16.8 Å². The lowest BCUT2D eigenvalue weighted by molar-refractivity contribution is -0.129. The number of rotatable bonds is 2. The summed E-state index contributed by atoms with van der Waals surface area (Å²) in [6, 6.07) is 8.62. The lowest BCUT2D eigenvalue weighted by Crippen LogP contribution is -2.54. The van der Waals surface area contributed by atoms with Gasteiger partial charge in [-0.25, -0.2) is 4.98 Å². The van der Waals surface area contributed by atoms with Crippen LogP contribution in [0.15, 0.2) is 53.3 Å². The lowest BCUT2D eigenvalue weighted by atomic mass is 9.85. The fraction of sp³-hybridized carbons (Fsp3) is 0.333. The number of carbonyl (C=O) groups excluding carboxylic acids is 2. The Balaban J connectivity index is 1.59. The molecule has 0 aliphatic carbocycles. The quantitative estimate of drug-likeness (QED) is 0.541. The van der Waals surface area contributed by atoms with E-state index in [9.17, 15) is 20.9 Å². The maximum Gasteiger partial charge on any atom is 0.262 e. The third-order valence-electron chi connectivity index (χ3n) is 6.74. The van der Waals surface area contributed by atoms with E-state index in [1.165, 1.54) is 11.8 Å². The Morgan fingerprint density at radius 2 is 1.85 bits per heavy atom. The van der Waals surface area contributed by atoms with Gasteiger partial charge in [0, 0.05) is 12.0 Å². The molecule has 33 heavy (non-hydrogen) atoms. The first-order chi connectivity index (χ1) is 16.5. The highest BCUT2D eigenvalue weighted by molar-refractivity contribution is 6.02. The summed E-state index contributed by atoms with van der Waals surface area (Å²) in [4.78, 5) is 45.9. The molecule has 3 aliphatic heterocycles. The van der Waals surface area contributed by atoms with Gasteiger partial charge in [-0.1, -0.05) is 30.3 Å². The number of anilines is 1. The Labute approximate surface area is 191 Å². The first-order valence-electron chi connectivity index (χ1n) is 11.8. The number of nitrogens with one attached hydrogen (secondary N) is 2. The standard InChI is InChI=1S/C24H23N5O4/c1-12-19-27-16-9-5-3-7-14(16)22(32)28(19)18(20(30)25-12)11-24(33)15-8-4-6-10-17(15)29-21(31)13(2)26-23(24)29/h3-10,12-13,18,23,26,33H,11H2,1-2H3,(H,25,30)/t12-,13+,18+,23+,24+/m1/s1/i12D,18D. The molecule has 1 fully saturated rings. The Morgan fingerprint density at radius 1 is 1.12 bits per heavy atom. The molecule has 6 rings (SSSR count). The average Bonchev–Trinajstić information content (AvgIpc) is 3.24. The van der Waals surface area contributed by atoms with Crippen molar-refractivity contribution in [2.24, 2.45) is 0 Å². The number of benzene rings is 2. The van der Waals surface area contributed by atoms with E-state index in [4.69, 9.17) is 1.37 Å². The zero-order chi connectivity index (χ0) is 24.9. The van der Waals surface area contributed by atoms with Gasteiger partial charge in [-0.2, -0.15) is 0 Å². The number of hydrogen-bond acceptors (Lipinski definition) is 6. The molecular weight excluding hydrogens is 422 g/mol. The molecule has 0 saturated carbocycles. The molecule has 0 radical (unpaired) electrons. The van der Waals surface area contributed by atoms with Crippen molar-refractivity contribution in [2.75, 3.05) is 4.90 Å². The van der Waals surface area contributed by atoms with Crippen LogP contribution in [0.3, 0.4) is 0 Å². The van der Waals surface area contributed by atoms with Crippen molar-refractivity contribution in [3.8, 4) is 0 Å². The Kier molecular flexibility index (Phi) is 3.65. The lowest BCUT2D eigenvalue weighted by Gasteiger charge is -2.37. The fourth-order valence-corrected chi connectivity index (χ4v) is 5.17. The van der Waals surface area contributed by atoms with Gasteiger partial charge in [0.15, 0.2) is 0 Å². The molecule has 0 bridgehead atoms. The first-order valence-corrected chi connectivity index (χ1v) is 10.8. The van der Waals surface area contributed by atoms with Crippen LogP contribution in [0.4, 0.5) is 5.69 Å². The van der Waals surface area contributed by atoms with Crippen LogP contribution in [0.25, 0.3) is 10.9 Å². The number of aliphatic hydroxyl groups is 1. The molecule has 3 aliphatic rings. The van der Waals surface area contributed by atoms with Gasteiger partial charge >= 0.3 is 0 Å². The predicted molar refractivity (Wildman–Crippen MR) is 120 cm³/mol. The number of para-hydroxylation sites is 2. The van der Waals surface area contributed by atoms with Crippen LogP contribution in [0.1, 0.15) is 46.4 Å². The highest BCUT2D eigenvalue weighted by Crippen LogP contribution is 2.49.